The fourth-order valence-electron chi connectivity index (χ4n) is 3.93. The fraction of sp³-hybridized carbons (Fsp3) is 0.308. The first-order valence-electron chi connectivity index (χ1n) is 11.2. The van der Waals surface area contributed by atoms with Crippen LogP contribution in [0.4, 0.5) is 0 Å². The molecule has 1 aromatic heterocycles. The maximum absolute atomic E-state index is 13.0. The lowest BCUT2D eigenvalue weighted by atomic mass is 10.1. The van der Waals surface area contributed by atoms with Crippen molar-refractivity contribution in [1.82, 2.24) is 19.8 Å². The maximum Gasteiger partial charge on any atom is 0.257 e. The quantitative estimate of drug-likeness (QED) is 0.582. The number of methoxy groups -OCH3 is 1. The number of hydrogen-bond donors (Lipinski definition) is 0. The highest BCUT2D eigenvalue weighted by atomic mass is 16.5. The number of aryl methyl sites for hydroxylation is 1. The predicted octanol–water partition coefficient (Wildman–Crippen LogP) is 3.46. The smallest absolute Gasteiger partial charge is 0.257 e. The Kier molecular flexibility index (Phi) is 7.29. The van der Waals surface area contributed by atoms with Crippen molar-refractivity contribution >= 4 is 11.8 Å². The van der Waals surface area contributed by atoms with Crippen molar-refractivity contribution in [3.63, 3.8) is 0 Å². The fourth-order valence-corrected chi connectivity index (χ4v) is 3.93. The van der Waals surface area contributed by atoms with Crippen LogP contribution in [0.1, 0.15) is 28.8 Å². The summed E-state index contributed by atoms with van der Waals surface area (Å²) < 4.78 is 5.18. The minimum absolute atomic E-state index is 0.0952. The molecule has 3 aromatic rings. The number of rotatable bonds is 6. The van der Waals surface area contributed by atoms with Gasteiger partial charge in [-0.25, -0.2) is 9.97 Å². The van der Waals surface area contributed by atoms with Crippen LogP contribution in [0.25, 0.3) is 11.4 Å². The SMILES string of the molecule is COc1ccc(CCC(=O)N2CCCN(C(=O)c3cnc(-c4ccccc4)nc3)CC2)cc1. The van der Waals surface area contributed by atoms with Crippen LogP contribution in [0, 0.1) is 0 Å². The Morgan fingerprint density at radius 2 is 1.55 bits per heavy atom. The van der Waals surface area contributed by atoms with Gasteiger partial charge >= 0.3 is 0 Å². The van der Waals surface area contributed by atoms with Crippen LogP contribution in [-0.4, -0.2) is 64.9 Å². The summed E-state index contributed by atoms with van der Waals surface area (Å²) in [6.07, 6.45) is 5.06. The number of benzene rings is 2. The summed E-state index contributed by atoms with van der Waals surface area (Å²) >= 11 is 0. The summed E-state index contributed by atoms with van der Waals surface area (Å²) in [6, 6.07) is 17.5. The van der Waals surface area contributed by atoms with E-state index in [0.29, 0.717) is 50.4 Å². The monoisotopic (exact) mass is 444 g/mol. The first-order valence-corrected chi connectivity index (χ1v) is 11.2. The van der Waals surface area contributed by atoms with Crippen LogP contribution in [0.3, 0.4) is 0 Å². The van der Waals surface area contributed by atoms with Crippen molar-refractivity contribution in [3.05, 3.63) is 78.1 Å². The van der Waals surface area contributed by atoms with E-state index in [4.69, 9.17) is 4.74 Å². The summed E-state index contributed by atoms with van der Waals surface area (Å²) in [5.41, 5.74) is 2.48. The minimum Gasteiger partial charge on any atom is -0.497 e. The average molecular weight is 445 g/mol. The van der Waals surface area contributed by atoms with Gasteiger partial charge in [-0.05, 0) is 30.5 Å². The van der Waals surface area contributed by atoms with E-state index in [-0.39, 0.29) is 11.8 Å². The molecule has 0 spiro atoms. The molecule has 0 bridgehead atoms. The Hall–Kier alpha value is -3.74. The molecule has 170 valence electrons. The van der Waals surface area contributed by atoms with Gasteiger partial charge in [0.2, 0.25) is 5.91 Å². The molecule has 0 radical (unpaired) electrons. The van der Waals surface area contributed by atoms with Crippen LogP contribution < -0.4 is 4.74 Å². The second-order valence-corrected chi connectivity index (χ2v) is 8.04. The van der Waals surface area contributed by atoms with Gasteiger partial charge in [0, 0.05) is 50.6 Å². The van der Waals surface area contributed by atoms with Gasteiger partial charge < -0.3 is 14.5 Å². The van der Waals surface area contributed by atoms with E-state index in [1.54, 1.807) is 24.4 Å². The molecule has 1 saturated heterocycles. The van der Waals surface area contributed by atoms with E-state index >= 15 is 0 Å². The number of ether oxygens (including phenoxy) is 1. The summed E-state index contributed by atoms with van der Waals surface area (Å²) in [5, 5.41) is 0. The summed E-state index contributed by atoms with van der Waals surface area (Å²) in [5.74, 6) is 1.43. The molecule has 2 heterocycles. The number of hydrogen-bond acceptors (Lipinski definition) is 5. The van der Waals surface area contributed by atoms with E-state index in [2.05, 4.69) is 9.97 Å². The second-order valence-electron chi connectivity index (χ2n) is 8.04. The Morgan fingerprint density at radius 3 is 2.24 bits per heavy atom. The highest BCUT2D eigenvalue weighted by molar-refractivity contribution is 5.93. The highest BCUT2D eigenvalue weighted by Crippen LogP contribution is 2.16. The van der Waals surface area contributed by atoms with Crippen LogP contribution in [0.5, 0.6) is 5.75 Å². The van der Waals surface area contributed by atoms with Gasteiger partial charge in [0.15, 0.2) is 5.82 Å². The van der Waals surface area contributed by atoms with Crippen molar-refractivity contribution in [2.45, 2.75) is 19.3 Å². The molecule has 2 aromatic carbocycles. The van der Waals surface area contributed by atoms with Gasteiger partial charge in [-0.15, -0.1) is 0 Å². The topological polar surface area (TPSA) is 75.6 Å². The van der Waals surface area contributed by atoms with Gasteiger partial charge in [0.25, 0.3) is 5.91 Å². The number of carbonyl (C=O) groups is 2. The molecule has 7 nitrogen and oxygen atoms in total. The molecule has 0 saturated carbocycles. The third-order valence-corrected chi connectivity index (χ3v) is 5.85. The summed E-state index contributed by atoms with van der Waals surface area (Å²) in [4.78, 5) is 38.1. The van der Waals surface area contributed by atoms with Crippen LogP contribution in [0.2, 0.25) is 0 Å². The van der Waals surface area contributed by atoms with Crippen molar-refractivity contribution in [1.29, 1.82) is 0 Å². The van der Waals surface area contributed by atoms with Crippen molar-refractivity contribution in [3.8, 4) is 17.1 Å². The number of nitrogens with zero attached hydrogens (tertiary/aromatic N) is 4. The molecule has 1 aliphatic rings. The zero-order valence-corrected chi connectivity index (χ0v) is 18.8. The normalized spacial score (nSPS) is 14.0. The standard InChI is InChI=1S/C26H28N4O3/c1-33-23-11-8-20(9-12-23)10-13-24(31)29-14-5-15-30(17-16-29)26(32)22-18-27-25(28-19-22)21-6-3-2-4-7-21/h2-4,6-9,11-12,18-19H,5,10,13-17H2,1H3. The van der Waals surface area contributed by atoms with Crippen LogP contribution in [-0.2, 0) is 11.2 Å². The Morgan fingerprint density at radius 1 is 0.879 bits per heavy atom. The lowest BCUT2D eigenvalue weighted by Gasteiger charge is -2.22. The average Bonchev–Trinajstić information content (AvgIpc) is 3.14. The number of carbonyl (C=O) groups excluding carboxylic acids is 2. The first kappa shape index (κ1) is 22.5. The zero-order chi connectivity index (χ0) is 23.0. The summed E-state index contributed by atoms with van der Waals surface area (Å²) in [6.45, 7) is 2.32. The third kappa shape index (κ3) is 5.74. The lowest BCUT2D eigenvalue weighted by molar-refractivity contribution is -0.131. The molecule has 4 rings (SSSR count). The molecule has 0 N–H and O–H groups in total. The molecule has 2 amide bonds. The van der Waals surface area contributed by atoms with Gasteiger partial charge in [0.1, 0.15) is 5.75 Å². The Labute approximate surface area is 194 Å². The second kappa shape index (κ2) is 10.7. The number of aromatic nitrogens is 2. The molecule has 33 heavy (non-hydrogen) atoms. The number of amides is 2. The zero-order valence-electron chi connectivity index (χ0n) is 18.8. The maximum atomic E-state index is 13.0. The third-order valence-electron chi connectivity index (χ3n) is 5.85. The Bertz CT molecular complexity index is 1070. The summed E-state index contributed by atoms with van der Waals surface area (Å²) in [7, 11) is 1.64. The molecule has 0 atom stereocenters. The molecular weight excluding hydrogens is 416 g/mol. The van der Waals surface area contributed by atoms with E-state index < -0.39 is 0 Å². The van der Waals surface area contributed by atoms with E-state index in [9.17, 15) is 9.59 Å². The van der Waals surface area contributed by atoms with Crippen LogP contribution in [0.15, 0.2) is 67.0 Å². The largest absolute Gasteiger partial charge is 0.497 e. The molecule has 0 aliphatic carbocycles. The van der Waals surface area contributed by atoms with Gasteiger partial charge in [-0.3, -0.25) is 9.59 Å². The first-order chi connectivity index (χ1) is 16.1. The highest BCUT2D eigenvalue weighted by Gasteiger charge is 2.23. The van der Waals surface area contributed by atoms with Crippen molar-refractivity contribution < 1.29 is 14.3 Å². The lowest BCUT2D eigenvalue weighted by Crippen LogP contribution is -2.37. The van der Waals surface area contributed by atoms with E-state index in [0.717, 1.165) is 23.3 Å². The Balaban J connectivity index is 1.30. The van der Waals surface area contributed by atoms with E-state index in [1.807, 2.05) is 59.5 Å². The molecular formula is C26H28N4O3. The minimum atomic E-state index is -0.0952. The van der Waals surface area contributed by atoms with Crippen molar-refractivity contribution in [2.24, 2.45) is 0 Å². The molecule has 0 unspecified atom stereocenters. The molecule has 1 aliphatic heterocycles. The van der Waals surface area contributed by atoms with E-state index in [1.165, 1.54) is 0 Å². The van der Waals surface area contributed by atoms with Crippen molar-refractivity contribution in [2.75, 3.05) is 33.3 Å². The van der Waals surface area contributed by atoms with Crippen LogP contribution >= 0.6 is 0 Å². The van der Waals surface area contributed by atoms with Gasteiger partial charge in [-0.2, -0.15) is 0 Å². The molecule has 1 fully saturated rings. The predicted molar refractivity (Wildman–Crippen MR) is 126 cm³/mol. The van der Waals surface area contributed by atoms with Gasteiger partial charge in [0.05, 0.1) is 12.7 Å². The molecule has 7 heteroatoms. The van der Waals surface area contributed by atoms with Gasteiger partial charge in [-0.1, -0.05) is 42.5 Å².